The zero-order valence-electron chi connectivity index (χ0n) is 17.1. The van der Waals surface area contributed by atoms with Gasteiger partial charge in [-0.15, -0.1) is 0 Å². The van der Waals surface area contributed by atoms with Crippen LogP contribution in [0.25, 0.3) is 5.76 Å². The van der Waals surface area contributed by atoms with Gasteiger partial charge in [-0.3, -0.25) is 9.59 Å². The van der Waals surface area contributed by atoms with Crippen LogP contribution in [0.1, 0.15) is 34.4 Å². The molecule has 1 fully saturated rings. The molecule has 1 aromatic carbocycles. The lowest BCUT2D eigenvalue weighted by atomic mass is 9.98. The Kier molecular flexibility index (Phi) is 5.37. The van der Waals surface area contributed by atoms with E-state index in [1.807, 2.05) is 0 Å². The smallest absolute Gasteiger partial charge is 0.296 e. The van der Waals surface area contributed by atoms with Crippen molar-refractivity contribution in [1.82, 2.24) is 4.90 Å². The molecule has 160 valence electrons. The third kappa shape index (κ3) is 3.61. The normalized spacial score (nSPS) is 18.1. The first-order valence-electron chi connectivity index (χ1n) is 9.53. The number of rotatable bonds is 5. The van der Waals surface area contributed by atoms with Crippen LogP contribution in [-0.2, 0) is 16.1 Å². The maximum atomic E-state index is 13.1. The van der Waals surface area contributed by atoms with Crippen LogP contribution < -0.4 is 4.74 Å². The monoisotopic (exact) mass is 441 g/mol. The maximum absolute atomic E-state index is 13.1. The van der Waals surface area contributed by atoms with Gasteiger partial charge in [0.15, 0.2) is 0 Å². The van der Waals surface area contributed by atoms with Crippen LogP contribution in [0.5, 0.6) is 5.75 Å². The fourth-order valence-corrected chi connectivity index (χ4v) is 4.12. The number of nitrogens with zero attached hydrogens (tertiary/aromatic N) is 1. The number of amides is 1. The number of ketones is 1. The number of methoxy groups -OCH3 is 1. The second-order valence-corrected chi connectivity index (χ2v) is 7.69. The number of furan rings is 2. The van der Waals surface area contributed by atoms with E-state index in [0.29, 0.717) is 17.3 Å². The summed E-state index contributed by atoms with van der Waals surface area (Å²) in [6, 6.07) is 9.18. The minimum Gasteiger partial charge on any atom is -0.507 e. The van der Waals surface area contributed by atoms with E-state index in [-0.39, 0.29) is 34.2 Å². The standard InChI is InChI=1S/C23H20ClNO6/c1-12-9-15(22(29-3)16(24)10-12)20(26)18-19(17-7-6-13(2)31-17)25(23(28)21(18)27)11-14-5-4-8-30-14/h4-10,19,26H,11H2,1-3H3/b20-18+. The number of hydrogen-bond acceptors (Lipinski definition) is 6. The molecule has 2 aromatic heterocycles. The predicted molar refractivity (Wildman–Crippen MR) is 113 cm³/mol. The highest BCUT2D eigenvalue weighted by Crippen LogP contribution is 2.43. The van der Waals surface area contributed by atoms with Gasteiger partial charge in [-0.1, -0.05) is 11.6 Å². The van der Waals surface area contributed by atoms with Gasteiger partial charge in [-0.25, -0.2) is 0 Å². The fraction of sp³-hybridized carbons (Fsp3) is 0.217. The Labute approximate surface area is 183 Å². The number of halogens is 1. The molecule has 31 heavy (non-hydrogen) atoms. The van der Waals surface area contributed by atoms with E-state index in [1.165, 1.54) is 18.3 Å². The van der Waals surface area contributed by atoms with Gasteiger partial charge in [0.05, 0.1) is 36.1 Å². The van der Waals surface area contributed by atoms with Crippen molar-refractivity contribution in [1.29, 1.82) is 0 Å². The molecule has 0 spiro atoms. The summed E-state index contributed by atoms with van der Waals surface area (Å²) in [5.74, 6) is -0.334. The Hall–Kier alpha value is -3.45. The molecule has 1 aliphatic rings. The molecule has 0 radical (unpaired) electrons. The molecule has 4 rings (SSSR count). The number of benzene rings is 1. The highest BCUT2D eigenvalue weighted by molar-refractivity contribution is 6.46. The summed E-state index contributed by atoms with van der Waals surface area (Å²) in [5.41, 5.74) is 0.866. The minimum absolute atomic E-state index is 0.0322. The second kappa shape index (κ2) is 8.00. The van der Waals surface area contributed by atoms with Gasteiger partial charge >= 0.3 is 0 Å². The predicted octanol–water partition coefficient (Wildman–Crippen LogP) is 4.77. The average molecular weight is 442 g/mol. The van der Waals surface area contributed by atoms with Crippen molar-refractivity contribution in [2.75, 3.05) is 7.11 Å². The van der Waals surface area contributed by atoms with Crippen molar-refractivity contribution in [3.8, 4) is 5.75 Å². The summed E-state index contributed by atoms with van der Waals surface area (Å²) >= 11 is 6.28. The average Bonchev–Trinajstić information content (AvgIpc) is 3.44. The number of likely N-dealkylation sites (tertiary alicyclic amines) is 1. The molecule has 1 atom stereocenters. The van der Waals surface area contributed by atoms with Gasteiger partial charge in [-0.2, -0.15) is 0 Å². The Morgan fingerprint density at radius 1 is 1.23 bits per heavy atom. The number of carbonyl (C=O) groups excluding carboxylic acids is 2. The van der Waals surface area contributed by atoms with Crippen molar-refractivity contribution < 1.29 is 28.3 Å². The first-order valence-corrected chi connectivity index (χ1v) is 9.91. The summed E-state index contributed by atoms with van der Waals surface area (Å²) < 4.78 is 16.5. The first kappa shape index (κ1) is 20.8. The number of aryl methyl sites for hydroxylation is 2. The van der Waals surface area contributed by atoms with Crippen LogP contribution in [0.4, 0.5) is 0 Å². The summed E-state index contributed by atoms with van der Waals surface area (Å²) in [6.07, 6.45) is 1.48. The van der Waals surface area contributed by atoms with Crippen LogP contribution in [0.2, 0.25) is 5.02 Å². The quantitative estimate of drug-likeness (QED) is 0.348. The zero-order chi connectivity index (χ0) is 22.3. The van der Waals surface area contributed by atoms with Crippen molar-refractivity contribution in [3.63, 3.8) is 0 Å². The lowest BCUT2D eigenvalue weighted by Crippen LogP contribution is -2.28. The van der Waals surface area contributed by atoms with E-state index in [4.69, 9.17) is 25.2 Å². The Morgan fingerprint density at radius 2 is 2.00 bits per heavy atom. The van der Waals surface area contributed by atoms with Gasteiger partial charge in [0.1, 0.15) is 34.8 Å². The molecule has 1 unspecified atom stereocenters. The molecule has 1 aliphatic heterocycles. The number of Topliss-reactive ketones (excluding diaryl/α,β-unsaturated/α-hetero) is 1. The maximum Gasteiger partial charge on any atom is 0.296 e. The van der Waals surface area contributed by atoms with Gasteiger partial charge in [0.25, 0.3) is 11.7 Å². The van der Waals surface area contributed by atoms with Crippen LogP contribution in [0, 0.1) is 13.8 Å². The number of ether oxygens (including phenoxy) is 1. The minimum atomic E-state index is -0.942. The molecule has 1 N–H and O–H groups in total. The molecular weight excluding hydrogens is 422 g/mol. The molecule has 0 bridgehead atoms. The van der Waals surface area contributed by atoms with Crippen molar-refractivity contribution >= 4 is 29.1 Å². The number of carbonyl (C=O) groups is 2. The number of aliphatic hydroxyl groups excluding tert-OH is 1. The molecule has 7 nitrogen and oxygen atoms in total. The van der Waals surface area contributed by atoms with Crippen LogP contribution in [0.15, 0.2) is 57.1 Å². The van der Waals surface area contributed by atoms with Crippen molar-refractivity contribution in [3.05, 3.63) is 81.7 Å². The molecule has 3 aromatic rings. The lowest BCUT2D eigenvalue weighted by Gasteiger charge is -2.22. The van der Waals surface area contributed by atoms with Gasteiger partial charge in [0, 0.05) is 0 Å². The van der Waals surface area contributed by atoms with E-state index in [1.54, 1.807) is 50.2 Å². The summed E-state index contributed by atoms with van der Waals surface area (Å²) in [6.45, 7) is 3.58. The van der Waals surface area contributed by atoms with E-state index in [0.717, 1.165) is 5.56 Å². The van der Waals surface area contributed by atoms with Gasteiger partial charge in [-0.05, 0) is 55.8 Å². The van der Waals surface area contributed by atoms with E-state index in [9.17, 15) is 14.7 Å². The molecule has 0 aliphatic carbocycles. The van der Waals surface area contributed by atoms with Crippen molar-refractivity contribution in [2.45, 2.75) is 26.4 Å². The fourth-order valence-electron chi connectivity index (χ4n) is 3.77. The lowest BCUT2D eigenvalue weighted by molar-refractivity contribution is -0.140. The largest absolute Gasteiger partial charge is 0.507 e. The van der Waals surface area contributed by atoms with Crippen LogP contribution in [0.3, 0.4) is 0 Å². The number of aliphatic hydroxyl groups is 1. The summed E-state index contributed by atoms with van der Waals surface area (Å²) in [4.78, 5) is 27.3. The Bertz CT molecular complexity index is 1190. The van der Waals surface area contributed by atoms with Crippen LogP contribution >= 0.6 is 11.6 Å². The molecular formula is C23H20ClNO6. The van der Waals surface area contributed by atoms with Crippen molar-refractivity contribution in [2.24, 2.45) is 0 Å². The molecule has 1 amide bonds. The SMILES string of the molecule is COc1c(Cl)cc(C)cc1/C(O)=C1\C(=O)C(=O)N(Cc2ccco2)C1c1ccc(C)o1. The third-order valence-corrected chi connectivity index (χ3v) is 5.40. The van der Waals surface area contributed by atoms with Crippen LogP contribution in [-0.4, -0.2) is 28.8 Å². The second-order valence-electron chi connectivity index (χ2n) is 7.28. The topological polar surface area (TPSA) is 93.1 Å². The first-order chi connectivity index (χ1) is 14.8. The molecule has 0 saturated carbocycles. The van der Waals surface area contributed by atoms with E-state index < -0.39 is 17.7 Å². The number of hydrogen-bond donors (Lipinski definition) is 1. The summed E-state index contributed by atoms with van der Waals surface area (Å²) in [5, 5.41) is 11.5. The van der Waals surface area contributed by atoms with Gasteiger partial charge < -0.3 is 23.6 Å². The highest BCUT2D eigenvalue weighted by atomic mass is 35.5. The summed E-state index contributed by atoms with van der Waals surface area (Å²) in [7, 11) is 1.41. The Morgan fingerprint density at radius 3 is 2.61 bits per heavy atom. The third-order valence-electron chi connectivity index (χ3n) is 5.12. The van der Waals surface area contributed by atoms with Gasteiger partial charge in [0.2, 0.25) is 0 Å². The molecule has 8 heteroatoms. The zero-order valence-corrected chi connectivity index (χ0v) is 17.9. The highest BCUT2D eigenvalue weighted by Gasteiger charge is 2.48. The van der Waals surface area contributed by atoms with E-state index in [2.05, 4.69) is 0 Å². The molecule has 1 saturated heterocycles. The molecule has 3 heterocycles. The Balaban J connectivity index is 1.92. The van der Waals surface area contributed by atoms with E-state index >= 15 is 0 Å².